The molecular formula is C32H38N4O3. The predicted molar refractivity (Wildman–Crippen MR) is 154 cm³/mol. The van der Waals surface area contributed by atoms with Crippen LogP contribution in [0.1, 0.15) is 62.3 Å². The van der Waals surface area contributed by atoms with Crippen molar-refractivity contribution in [3.63, 3.8) is 0 Å². The molecule has 0 amide bonds. The molecule has 0 N–H and O–H groups in total. The summed E-state index contributed by atoms with van der Waals surface area (Å²) < 4.78 is 8.70. The van der Waals surface area contributed by atoms with Gasteiger partial charge in [0.1, 0.15) is 17.9 Å². The van der Waals surface area contributed by atoms with E-state index in [1.165, 1.54) is 5.56 Å². The number of carbonyl (C=O) groups excluding carboxylic acids is 1. The number of benzene rings is 2. The van der Waals surface area contributed by atoms with Gasteiger partial charge in [-0.2, -0.15) is 5.10 Å². The molecule has 0 aliphatic carbocycles. The van der Waals surface area contributed by atoms with E-state index in [1.54, 1.807) is 16.4 Å². The van der Waals surface area contributed by atoms with Crippen molar-refractivity contribution >= 4 is 6.29 Å². The van der Waals surface area contributed by atoms with Crippen molar-refractivity contribution in [1.82, 2.24) is 19.3 Å². The Bertz CT molecular complexity index is 1460. The van der Waals surface area contributed by atoms with Crippen LogP contribution >= 0.6 is 0 Å². The van der Waals surface area contributed by atoms with E-state index in [-0.39, 0.29) is 11.1 Å². The van der Waals surface area contributed by atoms with Gasteiger partial charge in [0.05, 0.1) is 13.7 Å². The van der Waals surface area contributed by atoms with Gasteiger partial charge in [-0.15, -0.1) is 0 Å². The lowest BCUT2D eigenvalue weighted by molar-refractivity contribution is -0.107. The molecule has 204 valence electrons. The lowest BCUT2D eigenvalue weighted by atomic mass is 9.87. The van der Waals surface area contributed by atoms with Gasteiger partial charge in [0.25, 0.3) is 0 Å². The molecule has 2 aromatic carbocycles. The van der Waals surface area contributed by atoms with E-state index in [9.17, 15) is 9.59 Å². The van der Waals surface area contributed by atoms with Gasteiger partial charge in [-0.3, -0.25) is 9.55 Å². The highest BCUT2D eigenvalue weighted by molar-refractivity contribution is 5.67. The molecule has 7 heteroatoms. The maximum absolute atomic E-state index is 13.0. The smallest absolute Gasteiger partial charge is 0.346 e. The summed E-state index contributed by atoms with van der Waals surface area (Å²) in [6, 6.07) is 18.4. The van der Waals surface area contributed by atoms with Gasteiger partial charge < -0.3 is 9.53 Å². The molecule has 0 radical (unpaired) electrons. The first-order valence-corrected chi connectivity index (χ1v) is 13.5. The maximum atomic E-state index is 13.0. The van der Waals surface area contributed by atoms with Gasteiger partial charge in [0.2, 0.25) is 0 Å². The summed E-state index contributed by atoms with van der Waals surface area (Å²) in [5.41, 5.74) is 6.20. The first kappa shape index (κ1) is 28.0. The van der Waals surface area contributed by atoms with Gasteiger partial charge >= 0.3 is 5.69 Å². The van der Waals surface area contributed by atoms with E-state index in [0.717, 1.165) is 52.9 Å². The molecule has 0 bridgehead atoms. The normalized spacial score (nSPS) is 11.5. The lowest BCUT2D eigenvalue weighted by Gasteiger charge is -2.19. The number of aryl methyl sites for hydroxylation is 2. The number of aromatic nitrogens is 4. The number of hydrogen-bond donors (Lipinski definition) is 0. The van der Waals surface area contributed by atoms with Gasteiger partial charge in [0, 0.05) is 42.4 Å². The van der Waals surface area contributed by atoms with E-state index in [2.05, 4.69) is 61.2 Å². The largest absolute Gasteiger partial charge is 0.496 e. The number of carbonyl (C=O) groups is 1. The molecule has 4 aromatic rings. The number of hydrogen-bond acceptors (Lipinski definition) is 5. The topological polar surface area (TPSA) is 79.0 Å². The Kier molecular flexibility index (Phi) is 8.79. The fourth-order valence-corrected chi connectivity index (χ4v) is 4.75. The Morgan fingerprint density at radius 3 is 2.33 bits per heavy atom. The molecule has 7 nitrogen and oxygen atoms in total. The first-order valence-electron chi connectivity index (χ1n) is 13.5. The lowest BCUT2D eigenvalue weighted by Crippen LogP contribution is -2.25. The second kappa shape index (κ2) is 12.2. The van der Waals surface area contributed by atoms with Gasteiger partial charge in [0.15, 0.2) is 0 Å². The molecule has 39 heavy (non-hydrogen) atoms. The molecule has 2 aromatic heterocycles. The third kappa shape index (κ3) is 6.72. The molecule has 0 atom stereocenters. The molecule has 0 spiro atoms. The van der Waals surface area contributed by atoms with Crippen molar-refractivity contribution in [2.75, 3.05) is 7.11 Å². The van der Waals surface area contributed by atoms with Crippen LogP contribution in [0.3, 0.4) is 0 Å². The van der Waals surface area contributed by atoms with Gasteiger partial charge in [-0.05, 0) is 60.1 Å². The summed E-state index contributed by atoms with van der Waals surface area (Å²) in [5.74, 6) is 1.52. The number of aldehydes is 1. The van der Waals surface area contributed by atoms with Crippen LogP contribution in [-0.4, -0.2) is 32.7 Å². The number of pyridine rings is 1. The van der Waals surface area contributed by atoms with Crippen LogP contribution in [0.5, 0.6) is 5.75 Å². The highest BCUT2D eigenvalue weighted by atomic mass is 16.5. The van der Waals surface area contributed by atoms with E-state index < -0.39 is 0 Å². The molecular weight excluding hydrogens is 488 g/mol. The molecule has 0 unspecified atom stereocenters. The second-order valence-corrected chi connectivity index (χ2v) is 10.8. The molecule has 0 aliphatic heterocycles. The summed E-state index contributed by atoms with van der Waals surface area (Å²) in [5, 5.41) is 4.68. The molecule has 2 heterocycles. The quantitative estimate of drug-likeness (QED) is 0.245. The zero-order valence-electron chi connectivity index (χ0n) is 23.6. The molecule has 4 rings (SSSR count). The third-order valence-electron chi connectivity index (χ3n) is 7.04. The maximum Gasteiger partial charge on any atom is 0.346 e. The Labute approximate surface area is 230 Å². The fraction of sp³-hybridized carbons (Fsp3) is 0.375. The minimum absolute atomic E-state index is 0.0664. The third-order valence-corrected chi connectivity index (χ3v) is 7.04. The molecule has 0 aliphatic rings. The Morgan fingerprint density at radius 1 is 0.974 bits per heavy atom. The van der Waals surface area contributed by atoms with Crippen LogP contribution in [0, 0.1) is 0 Å². The summed E-state index contributed by atoms with van der Waals surface area (Å²) in [4.78, 5) is 28.7. The number of nitrogens with zero attached hydrogens (tertiary/aromatic N) is 4. The van der Waals surface area contributed by atoms with E-state index in [0.29, 0.717) is 31.7 Å². The SMILES string of the molecule is CCn1c(CCCc2ccc(-c3ccc(OC)c(CC=O)c3)cn2)nn(Cc2ccc(C(C)(C)C)cc2)c1=O. The fourth-order valence-electron chi connectivity index (χ4n) is 4.75. The molecule has 0 fully saturated rings. The number of methoxy groups -OCH3 is 1. The van der Waals surface area contributed by atoms with Crippen LogP contribution in [0.2, 0.25) is 0 Å². The van der Waals surface area contributed by atoms with E-state index in [4.69, 9.17) is 4.74 Å². The zero-order valence-corrected chi connectivity index (χ0v) is 23.6. The summed E-state index contributed by atoms with van der Waals surface area (Å²) in [6.45, 7) is 9.62. The second-order valence-electron chi connectivity index (χ2n) is 10.8. The monoisotopic (exact) mass is 526 g/mol. The van der Waals surface area contributed by atoms with Crippen molar-refractivity contribution in [1.29, 1.82) is 0 Å². The highest BCUT2D eigenvalue weighted by Gasteiger charge is 2.15. The molecule has 0 saturated heterocycles. The minimum Gasteiger partial charge on any atom is -0.496 e. The molecule has 0 saturated carbocycles. The van der Waals surface area contributed by atoms with Crippen molar-refractivity contribution in [2.24, 2.45) is 0 Å². The predicted octanol–water partition coefficient (Wildman–Crippen LogP) is 5.40. The van der Waals surface area contributed by atoms with Gasteiger partial charge in [-0.1, -0.05) is 57.2 Å². The Morgan fingerprint density at radius 2 is 1.72 bits per heavy atom. The average molecular weight is 527 g/mol. The Hall–Kier alpha value is -4.00. The average Bonchev–Trinajstić information content (AvgIpc) is 3.22. The standard InChI is InChI=1S/C32H38N4O3/c1-6-35-30(34-36(31(35)38)22-23-10-14-27(15-11-23)32(2,3)4)9-7-8-28-16-12-26(21-33-28)24-13-17-29(39-5)25(20-24)18-19-37/h10-17,19-21H,6-9,18,22H2,1-5H3. The Balaban J connectivity index is 1.40. The van der Waals surface area contributed by atoms with Crippen LogP contribution in [0.25, 0.3) is 11.1 Å². The highest BCUT2D eigenvalue weighted by Crippen LogP contribution is 2.27. The van der Waals surface area contributed by atoms with Crippen LogP contribution < -0.4 is 10.4 Å². The van der Waals surface area contributed by atoms with Crippen molar-refractivity contribution in [2.45, 2.75) is 71.9 Å². The van der Waals surface area contributed by atoms with Crippen molar-refractivity contribution < 1.29 is 9.53 Å². The van der Waals surface area contributed by atoms with Gasteiger partial charge in [-0.25, -0.2) is 9.48 Å². The zero-order chi connectivity index (χ0) is 28.0. The van der Waals surface area contributed by atoms with E-state index in [1.807, 2.05) is 37.4 Å². The van der Waals surface area contributed by atoms with E-state index >= 15 is 0 Å². The number of rotatable bonds is 11. The van der Waals surface area contributed by atoms with Crippen molar-refractivity contribution in [3.05, 3.63) is 99.5 Å². The number of ether oxygens (including phenoxy) is 1. The van der Waals surface area contributed by atoms with Crippen LogP contribution in [0.4, 0.5) is 0 Å². The summed E-state index contributed by atoms with van der Waals surface area (Å²) in [7, 11) is 1.61. The minimum atomic E-state index is -0.0664. The first-order chi connectivity index (χ1) is 18.7. The van der Waals surface area contributed by atoms with Crippen molar-refractivity contribution in [3.8, 4) is 16.9 Å². The van der Waals surface area contributed by atoms with Crippen LogP contribution in [0.15, 0.2) is 65.6 Å². The van der Waals surface area contributed by atoms with Crippen LogP contribution in [-0.2, 0) is 42.6 Å². The summed E-state index contributed by atoms with van der Waals surface area (Å²) in [6.07, 6.45) is 5.39. The summed E-state index contributed by atoms with van der Waals surface area (Å²) >= 11 is 0.